The Hall–Kier alpha value is -3.28. The number of carbonyl (C=O) groups is 2. The van der Waals surface area contributed by atoms with Gasteiger partial charge < -0.3 is 14.6 Å². The van der Waals surface area contributed by atoms with Crippen LogP contribution < -0.4 is 9.64 Å². The molecule has 0 aromatic heterocycles. The Morgan fingerprint density at radius 1 is 1.12 bits per heavy atom. The predicted molar refractivity (Wildman–Crippen MR) is 96.0 cm³/mol. The molecule has 1 aliphatic rings. The largest absolute Gasteiger partial charge is 0.503 e. The van der Waals surface area contributed by atoms with E-state index in [0.29, 0.717) is 17.0 Å². The van der Waals surface area contributed by atoms with E-state index in [4.69, 9.17) is 9.47 Å². The van der Waals surface area contributed by atoms with Crippen LogP contribution in [0.3, 0.4) is 0 Å². The molecule has 0 unspecified atom stereocenters. The number of methoxy groups -OCH3 is 1. The summed E-state index contributed by atoms with van der Waals surface area (Å²) in [5, 5.41) is 10.4. The van der Waals surface area contributed by atoms with Gasteiger partial charge >= 0.3 is 5.97 Å². The van der Waals surface area contributed by atoms with E-state index in [1.165, 1.54) is 4.90 Å². The molecular formula is C20H19NO5. The molecule has 0 bridgehead atoms. The van der Waals surface area contributed by atoms with Crippen LogP contribution in [0.5, 0.6) is 5.75 Å². The third-order valence-electron chi connectivity index (χ3n) is 4.17. The van der Waals surface area contributed by atoms with Crippen LogP contribution in [-0.2, 0) is 14.3 Å². The van der Waals surface area contributed by atoms with E-state index in [1.807, 2.05) is 18.2 Å². The number of hydrogen-bond acceptors (Lipinski definition) is 5. The second kappa shape index (κ2) is 7.31. The zero-order chi connectivity index (χ0) is 18.7. The van der Waals surface area contributed by atoms with Gasteiger partial charge in [-0.15, -0.1) is 0 Å². The minimum atomic E-state index is -0.767. The summed E-state index contributed by atoms with van der Waals surface area (Å²) in [5.41, 5.74) is 1.18. The average Bonchev–Trinajstić information content (AvgIpc) is 2.94. The van der Waals surface area contributed by atoms with E-state index in [9.17, 15) is 14.7 Å². The lowest BCUT2D eigenvalue weighted by atomic mass is 9.99. The van der Waals surface area contributed by atoms with Crippen LogP contribution in [0.4, 0.5) is 5.69 Å². The molecule has 3 rings (SSSR count). The number of aliphatic hydroxyl groups is 1. The zero-order valence-corrected chi connectivity index (χ0v) is 14.5. The molecule has 1 amide bonds. The molecule has 1 heterocycles. The number of rotatable bonds is 5. The molecule has 26 heavy (non-hydrogen) atoms. The van der Waals surface area contributed by atoms with Gasteiger partial charge in [0.25, 0.3) is 5.91 Å². The van der Waals surface area contributed by atoms with Gasteiger partial charge in [0, 0.05) is 5.69 Å². The van der Waals surface area contributed by atoms with E-state index in [2.05, 4.69) is 0 Å². The second-order valence-electron chi connectivity index (χ2n) is 5.67. The van der Waals surface area contributed by atoms with Crippen molar-refractivity contribution in [2.45, 2.75) is 13.0 Å². The van der Waals surface area contributed by atoms with E-state index >= 15 is 0 Å². The van der Waals surface area contributed by atoms with Crippen LogP contribution in [-0.4, -0.2) is 30.7 Å². The maximum Gasteiger partial charge on any atom is 0.340 e. The van der Waals surface area contributed by atoms with Crippen LogP contribution in [0.2, 0.25) is 0 Å². The first-order valence-electron chi connectivity index (χ1n) is 8.21. The normalized spacial score (nSPS) is 16.8. The first-order chi connectivity index (χ1) is 12.6. The summed E-state index contributed by atoms with van der Waals surface area (Å²) in [7, 11) is 1.55. The Morgan fingerprint density at radius 2 is 1.77 bits per heavy atom. The third-order valence-corrected chi connectivity index (χ3v) is 4.17. The van der Waals surface area contributed by atoms with Crippen LogP contribution >= 0.6 is 0 Å². The number of ether oxygens (including phenoxy) is 2. The summed E-state index contributed by atoms with van der Waals surface area (Å²) >= 11 is 0. The highest BCUT2D eigenvalue weighted by Gasteiger charge is 2.45. The maximum absolute atomic E-state index is 12.7. The number of benzene rings is 2. The minimum Gasteiger partial charge on any atom is -0.503 e. The molecule has 1 atom stereocenters. The molecule has 0 fully saturated rings. The van der Waals surface area contributed by atoms with E-state index in [-0.39, 0.29) is 12.2 Å². The zero-order valence-electron chi connectivity index (χ0n) is 14.5. The molecule has 0 aliphatic carbocycles. The Labute approximate surface area is 151 Å². The van der Waals surface area contributed by atoms with Crippen molar-refractivity contribution in [2.24, 2.45) is 0 Å². The van der Waals surface area contributed by atoms with Crippen molar-refractivity contribution in [1.82, 2.24) is 0 Å². The molecule has 6 nitrogen and oxygen atoms in total. The molecule has 134 valence electrons. The first-order valence-corrected chi connectivity index (χ1v) is 8.21. The summed E-state index contributed by atoms with van der Waals surface area (Å²) in [6.07, 6.45) is 0. The number of anilines is 1. The molecule has 0 saturated carbocycles. The van der Waals surface area contributed by atoms with Gasteiger partial charge in [-0.2, -0.15) is 0 Å². The van der Waals surface area contributed by atoms with Gasteiger partial charge in [-0.25, -0.2) is 4.79 Å². The van der Waals surface area contributed by atoms with E-state index in [1.54, 1.807) is 50.4 Å². The van der Waals surface area contributed by atoms with Crippen molar-refractivity contribution >= 4 is 17.6 Å². The number of hydrogen-bond donors (Lipinski definition) is 1. The summed E-state index contributed by atoms with van der Waals surface area (Å²) in [5.74, 6) is -1.30. The van der Waals surface area contributed by atoms with Crippen molar-refractivity contribution in [2.75, 3.05) is 18.6 Å². The summed E-state index contributed by atoms with van der Waals surface area (Å²) in [6.45, 7) is 1.82. The third kappa shape index (κ3) is 3.01. The van der Waals surface area contributed by atoms with Crippen molar-refractivity contribution in [3.05, 3.63) is 71.5 Å². The van der Waals surface area contributed by atoms with E-state index in [0.717, 1.165) is 0 Å². The molecular weight excluding hydrogens is 334 g/mol. The molecule has 1 aliphatic heterocycles. The van der Waals surface area contributed by atoms with Gasteiger partial charge in [-0.05, 0) is 36.8 Å². The lowest BCUT2D eigenvalue weighted by molar-refractivity contribution is -0.139. The number of aliphatic hydroxyl groups excluding tert-OH is 1. The fraction of sp³-hybridized carbons (Fsp3) is 0.200. The Kier molecular flexibility index (Phi) is 4.93. The van der Waals surface area contributed by atoms with Gasteiger partial charge in [-0.3, -0.25) is 9.69 Å². The fourth-order valence-electron chi connectivity index (χ4n) is 2.98. The molecule has 2 aromatic rings. The van der Waals surface area contributed by atoms with Gasteiger partial charge in [0.15, 0.2) is 5.76 Å². The van der Waals surface area contributed by atoms with Crippen LogP contribution in [0.1, 0.15) is 18.5 Å². The Balaban J connectivity index is 2.11. The second-order valence-corrected chi connectivity index (χ2v) is 5.67. The summed E-state index contributed by atoms with van der Waals surface area (Å²) in [4.78, 5) is 26.6. The maximum atomic E-state index is 12.7. The first kappa shape index (κ1) is 17.5. The minimum absolute atomic E-state index is 0.0566. The number of nitrogens with zero attached hydrogens (tertiary/aromatic N) is 1. The molecule has 0 saturated heterocycles. The van der Waals surface area contributed by atoms with Crippen molar-refractivity contribution in [1.29, 1.82) is 0 Å². The SMILES string of the molecule is CCOC(=O)C1=C(O)C(=O)N(c2ccc(OC)cc2)[C@@H]1c1ccccc1. The van der Waals surface area contributed by atoms with Gasteiger partial charge in [0.1, 0.15) is 11.3 Å². The highest BCUT2D eigenvalue weighted by molar-refractivity contribution is 6.15. The predicted octanol–water partition coefficient (Wildman–Crippen LogP) is 3.16. The van der Waals surface area contributed by atoms with Gasteiger partial charge in [0.2, 0.25) is 0 Å². The standard InChI is InChI=1S/C20H19NO5/c1-3-26-20(24)16-17(13-7-5-4-6-8-13)21(19(23)18(16)22)14-9-11-15(25-2)12-10-14/h4-12,17,22H,3H2,1-2H3/t17-/m1/s1. The fourth-order valence-corrected chi connectivity index (χ4v) is 2.98. The monoisotopic (exact) mass is 353 g/mol. The molecule has 2 aromatic carbocycles. The highest BCUT2D eigenvalue weighted by Crippen LogP contribution is 2.41. The molecule has 0 spiro atoms. The quantitative estimate of drug-likeness (QED) is 0.836. The number of esters is 1. The van der Waals surface area contributed by atoms with Crippen LogP contribution in [0.25, 0.3) is 0 Å². The summed E-state index contributed by atoms with van der Waals surface area (Å²) in [6, 6.07) is 15.1. The van der Waals surface area contributed by atoms with Gasteiger partial charge in [0.05, 0.1) is 19.8 Å². The van der Waals surface area contributed by atoms with E-state index < -0.39 is 23.7 Å². The molecule has 1 N–H and O–H groups in total. The van der Waals surface area contributed by atoms with Crippen molar-refractivity contribution in [3.63, 3.8) is 0 Å². The average molecular weight is 353 g/mol. The van der Waals surface area contributed by atoms with Crippen molar-refractivity contribution < 1.29 is 24.2 Å². The van der Waals surface area contributed by atoms with Crippen LogP contribution in [0.15, 0.2) is 65.9 Å². The lowest BCUT2D eigenvalue weighted by Crippen LogP contribution is -2.31. The number of amides is 1. The molecule has 6 heteroatoms. The highest BCUT2D eigenvalue weighted by atomic mass is 16.5. The number of carbonyl (C=O) groups excluding carboxylic acids is 2. The Bertz CT molecular complexity index is 842. The van der Waals surface area contributed by atoms with Crippen molar-refractivity contribution in [3.8, 4) is 5.75 Å². The Morgan fingerprint density at radius 3 is 2.35 bits per heavy atom. The summed E-state index contributed by atoms with van der Waals surface area (Å²) < 4.78 is 10.2. The topological polar surface area (TPSA) is 76.1 Å². The van der Waals surface area contributed by atoms with Crippen LogP contribution in [0, 0.1) is 0 Å². The smallest absolute Gasteiger partial charge is 0.340 e. The lowest BCUT2D eigenvalue weighted by Gasteiger charge is -2.26. The molecule has 0 radical (unpaired) electrons. The van der Waals surface area contributed by atoms with Gasteiger partial charge in [-0.1, -0.05) is 30.3 Å².